The molecule has 16 heavy (non-hydrogen) atoms. The highest BCUT2D eigenvalue weighted by molar-refractivity contribution is 5.28. The molecule has 0 fully saturated rings. The maximum atomic E-state index is 8.65. The van der Waals surface area contributed by atoms with E-state index in [0.29, 0.717) is 0 Å². The van der Waals surface area contributed by atoms with E-state index < -0.39 is 0 Å². The molecule has 2 heteroatoms. The van der Waals surface area contributed by atoms with Gasteiger partial charge in [0, 0.05) is 0 Å². The molecule has 84 valence electrons. The topological polar surface area (TPSA) is 40.5 Å². The van der Waals surface area contributed by atoms with Crippen molar-refractivity contribution in [2.24, 2.45) is 0 Å². The van der Waals surface area contributed by atoms with E-state index in [1.165, 1.54) is 29.8 Å². The van der Waals surface area contributed by atoms with Crippen molar-refractivity contribution < 1.29 is 10.2 Å². The highest BCUT2D eigenvalue weighted by atomic mass is 16.3. The Labute approximate surface area is 95.8 Å². The van der Waals surface area contributed by atoms with E-state index in [9.17, 15) is 0 Å². The molecule has 0 heterocycles. The Morgan fingerprint density at radius 3 is 1.50 bits per heavy atom. The van der Waals surface area contributed by atoms with Crippen molar-refractivity contribution in [3.8, 4) is 11.5 Å². The lowest BCUT2D eigenvalue weighted by Gasteiger charge is -1.89. The monoisotopic (exact) mass is 216 g/mol. The Bertz CT molecular complexity index is 372. The van der Waals surface area contributed by atoms with Crippen molar-refractivity contribution >= 4 is 0 Å². The normalized spacial score (nSPS) is 9.06. The molecule has 0 aliphatic carbocycles. The predicted molar refractivity (Wildman–Crippen MR) is 65.6 cm³/mol. The fourth-order valence-corrected chi connectivity index (χ4v) is 1.17. The van der Waals surface area contributed by atoms with Crippen LogP contribution in [-0.4, -0.2) is 10.2 Å². The maximum absolute atomic E-state index is 8.65. The second kappa shape index (κ2) is 6.51. The fourth-order valence-electron chi connectivity index (χ4n) is 1.17. The Morgan fingerprint density at radius 2 is 1.19 bits per heavy atom. The van der Waals surface area contributed by atoms with Crippen LogP contribution in [0.3, 0.4) is 0 Å². The van der Waals surface area contributed by atoms with Crippen molar-refractivity contribution in [3.63, 3.8) is 0 Å². The molecule has 0 unspecified atom stereocenters. The lowest BCUT2D eigenvalue weighted by Crippen LogP contribution is -1.73. The summed E-state index contributed by atoms with van der Waals surface area (Å²) in [5.41, 5.74) is 1.41. The van der Waals surface area contributed by atoms with Gasteiger partial charge in [0.2, 0.25) is 0 Å². The summed E-state index contributed by atoms with van der Waals surface area (Å²) in [7, 11) is 0. The van der Waals surface area contributed by atoms with Crippen LogP contribution < -0.4 is 0 Å². The summed E-state index contributed by atoms with van der Waals surface area (Å²) in [6, 6.07) is 16.2. The minimum Gasteiger partial charge on any atom is -0.508 e. The van der Waals surface area contributed by atoms with Gasteiger partial charge < -0.3 is 10.2 Å². The average Bonchev–Trinajstić information content (AvgIpc) is 2.35. The largest absolute Gasteiger partial charge is 0.508 e. The van der Waals surface area contributed by atoms with Gasteiger partial charge in [-0.3, -0.25) is 0 Å². The third-order valence-corrected chi connectivity index (χ3v) is 2.10. The molecule has 0 saturated heterocycles. The van der Waals surface area contributed by atoms with Crippen LogP contribution >= 0.6 is 0 Å². The van der Waals surface area contributed by atoms with E-state index in [0.717, 1.165) is 6.42 Å². The first-order valence-corrected chi connectivity index (χ1v) is 5.24. The Morgan fingerprint density at radius 1 is 0.750 bits per heavy atom. The molecule has 2 rings (SSSR count). The van der Waals surface area contributed by atoms with Crippen molar-refractivity contribution in [3.05, 3.63) is 60.2 Å². The SMILES string of the molecule is CCc1ccccc1.Oc1ccc(O)cc1. The second-order valence-corrected chi connectivity index (χ2v) is 3.36. The number of rotatable bonds is 1. The molecule has 0 aromatic heterocycles. The molecule has 2 aromatic carbocycles. The van der Waals surface area contributed by atoms with Crippen molar-refractivity contribution in [2.45, 2.75) is 13.3 Å². The van der Waals surface area contributed by atoms with Gasteiger partial charge >= 0.3 is 0 Å². The molecular weight excluding hydrogens is 200 g/mol. The number of benzene rings is 2. The maximum Gasteiger partial charge on any atom is 0.115 e. The average molecular weight is 216 g/mol. The molecule has 0 aliphatic rings. The first-order valence-electron chi connectivity index (χ1n) is 5.24. The highest BCUT2D eigenvalue weighted by Crippen LogP contribution is 2.13. The molecule has 0 saturated carbocycles. The smallest absolute Gasteiger partial charge is 0.115 e. The van der Waals surface area contributed by atoms with E-state index >= 15 is 0 Å². The minimum atomic E-state index is 0.169. The molecular formula is C14H16O2. The van der Waals surface area contributed by atoms with E-state index in [2.05, 4.69) is 31.2 Å². The van der Waals surface area contributed by atoms with Gasteiger partial charge in [0.15, 0.2) is 0 Å². The van der Waals surface area contributed by atoms with Crippen LogP contribution in [0, 0.1) is 0 Å². The molecule has 2 nitrogen and oxygen atoms in total. The molecule has 0 spiro atoms. The van der Waals surface area contributed by atoms with Gasteiger partial charge in [-0.25, -0.2) is 0 Å². The summed E-state index contributed by atoms with van der Waals surface area (Å²) in [5, 5.41) is 17.3. The zero-order valence-electron chi connectivity index (χ0n) is 9.30. The highest BCUT2D eigenvalue weighted by Gasteiger charge is 1.84. The van der Waals surface area contributed by atoms with Crippen LogP contribution in [0.25, 0.3) is 0 Å². The number of phenolic OH excluding ortho intramolecular Hbond substituents is 2. The Hall–Kier alpha value is -1.96. The standard InChI is InChI=1S/C8H10.C6H6O2/c1-2-8-6-4-3-5-7-8;7-5-1-2-6(8)4-3-5/h3-7H,2H2,1H3;1-4,7-8H. The number of hydrogen-bond donors (Lipinski definition) is 2. The lowest BCUT2D eigenvalue weighted by atomic mass is 10.2. The van der Waals surface area contributed by atoms with Crippen molar-refractivity contribution in [2.75, 3.05) is 0 Å². The number of aromatic hydroxyl groups is 2. The van der Waals surface area contributed by atoms with Crippen LogP contribution in [0.1, 0.15) is 12.5 Å². The molecule has 0 aliphatic heterocycles. The predicted octanol–water partition coefficient (Wildman–Crippen LogP) is 3.35. The van der Waals surface area contributed by atoms with Gasteiger partial charge in [0.1, 0.15) is 11.5 Å². The van der Waals surface area contributed by atoms with Crippen molar-refractivity contribution in [1.82, 2.24) is 0 Å². The summed E-state index contributed by atoms with van der Waals surface area (Å²) in [4.78, 5) is 0. The van der Waals surface area contributed by atoms with Gasteiger partial charge in [0.05, 0.1) is 0 Å². The first-order chi connectivity index (χ1) is 7.72. The summed E-state index contributed by atoms with van der Waals surface area (Å²) in [5.74, 6) is 0.339. The third-order valence-electron chi connectivity index (χ3n) is 2.10. The lowest BCUT2D eigenvalue weighted by molar-refractivity contribution is 0.460. The first kappa shape index (κ1) is 12.1. The minimum absolute atomic E-state index is 0.169. The van der Waals surface area contributed by atoms with Crippen LogP contribution in [-0.2, 0) is 6.42 Å². The van der Waals surface area contributed by atoms with Crippen LogP contribution in [0.4, 0.5) is 0 Å². The number of hydrogen-bond acceptors (Lipinski definition) is 2. The number of aryl methyl sites for hydroxylation is 1. The Kier molecular flexibility index (Phi) is 4.93. The molecule has 0 atom stereocenters. The van der Waals surface area contributed by atoms with Gasteiger partial charge in [-0.2, -0.15) is 0 Å². The molecule has 0 bridgehead atoms. The van der Waals surface area contributed by atoms with E-state index in [1.54, 1.807) is 0 Å². The molecule has 2 aromatic rings. The summed E-state index contributed by atoms with van der Waals surface area (Å²) in [6.45, 7) is 2.16. The van der Waals surface area contributed by atoms with Crippen LogP contribution in [0.15, 0.2) is 54.6 Å². The molecule has 2 N–H and O–H groups in total. The quantitative estimate of drug-likeness (QED) is 0.718. The second-order valence-electron chi connectivity index (χ2n) is 3.36. The van der Waals surface area contributed by atoms with E-state index in [1.807, 2.05) is 6.07 Å². The van der Waals surface area contributed by atoms with E-state index in [-0.39, 0.29) is 11.5 Å². The van der Waals surface area contributed by atoms with Gasteiger partial charge in [-0.1, -0.05) is 37.3 Å². The summed E-state index contributed by atoms with van der Waals surface area (Å²) >= 11 is 0. The summed E-state index contributed by atoms with van der Waals surface area (Å²) < 4.78 is 0. The Balaban J connectivity index is 0.000000160. The third kappa shape index (κ3) is 4.51. The van der Waals surface area contributed by atoms with Gasteiger partial charge in [0.25, 0.3) is 0 Å². The van der Waals surface area contributed by atoms with Gasteiger partial charge in [-0.15, -0.1) is 0 Å². The van der Waals surface area contributed by atoms with E-state index in [4.69, 9.17) is 10.2 Å². The zero-order valence-corrected chi connectivity index (χ0v) is 9.30. The molecule has 0 radical (unpaired) electrons. The zero-order chi connectivity index (χ0) is 11.8. The molecule has 0 amide bonds. The van der Waals surface area contributed by atoms with Gasteiger partial charge in [-0.05, 0) is 36.2 Å². The van der Waals surface area contributed by atoms with Crippen molar-refractivity contribution in [1.29, 1.82) is 0 Å². The fraction of sp³-hybridized carbons (Fsp3) is 0.143. The summed E-state index contributed by atoms with van der Waals surface area (Å²) in [6.07, 6.45) is 1.14. The van der Waals surface area contributed by atoms with Crippen LogP contribution in [0.2, 0.25) is 0 Å². The number of phenols is 2. The van der Waals surface area contributed by atoms with Crippen LogP contribution in [0.5, 0.6) is 11.5 Å².